The molecule has 0 bridgehead atoms. The summed E-state index contributed by atoms with van der Waals surface area (Å²) >= 11 is 0. The Morgan fingerprint density at radius 3 is 2.38 bits per heavy atom. The number of hydrogen-bond donors (Lipinski definition) is 2. The molecule has 78 valence electrons. The zero-order valence-electron chi connectivity index (χ0n) is 8.94. The number of nitrogens with one attached hydrogen (secondary N) is 2. The van der Waals surface area contributed by atoms with Crippen molar-refractivity contribution in [2.75, 3.05) is 19.6 Å². The first-order valence-electron chi connectivity index (χ1n) is 4.63. The highest BCUT2D eigenvalue weighted by Crippen LogP contribution is 2.05. The quantitative estimate of drug-likeness (QED) is 0.650. The van der Waals surface area contributed by atoms with Crippen LogP contribution in [0.3, 0.4) is 0 Å². The van der Waals surface area contributed by atoms with E-state index in [0.29, 0.717) is 6.54 Å². The van der Waals surface area contributed by atoms with Crippen molar-refractivity contribution in [2.45, 2.75) is 33.3 Å². The smallest absolute Gasteiger partial charge is 0.407 e. The van der Waals surface area contributed by atoms with Crippen molar-refractivity contribution in [3.8, 4) is 0 Å². The zero-order valence-corrected chi connectivity index (χ0v) is 8.94. The van der Waals surface area contributed by atoms with E-state index in [1.54, 1.807) is 0 Å². The number of likely N-dealkylation sites (N-methyl/N-ethyl adjacent to an activating group) is 1. The van der Waals surface area contributed by atoms with Crippen LogP contribution in [0.2, 0.25) is 0 Å². The predicted octanol–water partition coefficient (Wildman–Crippen LogP) is 1.12. The van der Waals surface area contributed by atoms with Gasteiger partial charge in [-0.15, -0.1) is 0 Å². The largest absolute Gasteiger partial charge is 0.444 e. The number of carbonyl (C=O) groups excluding carboxylic acids is 1. The molecule has 0 aromatic carbocycles. The van der Waals surface area contributed by atoms with Crippen LogP contribution in [0.1, 0.15) is 27.7 Å². The van der Waals surface area contributed by atoms with Gasteiger partial charge >= 0.3 is 6.09 Å². The minimum Gasteiger partial charge on any atom is -0.444 e. The van der Waals surface area contributed by atoms with E-state index >= 15 is 0 Å². The second-order valence-corrected chi connectivity index (χ2v) is 3.78. The van der Waals surface area contributed by atoms with Gasteiger partial charge in [-0.1, -0.05) is 6.92 Å². The summed E-state index contributed by atoms with van der Waals surface area (Å²) < 4.78 is 5.04. The molecule has 0 aliphatic carbocycles. The van der Waals surface area contributed by atoms with Crippen LogP contribution in [-0.4, -0.2) is 31.3 Å². The Kier molecular flexibility index (Phi) is 5.46. The lowest BCUT2D eigenvalue weighted by atomic mass is 10.2. The molecule has 0 saturated heterocycles. The first kappa shape index (κ1) is 12.2. The average molecular weight is 188 g/mol. The summed E-state index contributed by atoms with van der Waals surface area (Å²) in [6, 6.07) is 0. The zero-order chi connectivity index (χ0) is 10.3. The number of carbonyl (C=O) groups is 1. The van der Waals surface area contributed by atoms with Gasteiger partial charge in [0, 0.05) is 13.1 Å². The van der Waals surface area contributed by atoms with Crippen LogP contribution in [0.5, 0.6) is 0 Å². The molecule has 0 aromatic rings. The van der Waals surface area contributed by atoms with Crippen molar-refractivity contribution >= 4 is 6.09 Å². The summed E-state index contributed by atoms with van der Waals surface area (Å²) in [5.41, 5.74) is -0.414. The molecule has 13 heavy (non-hydrogen) atoms. The van der Waals surface area contributed by atoms with Crippen LogP contribution in [0, 0.1) is 0 Å². The molecular formula is C9H20N2O2. The second-order valence-electron chi connectivity index (χ2n) is 3.78. The molecule has 4 nitrogen and oxygen atoms in total. The molecule has 0 aliphatic heterocycles. The Hall–Kier alpha value is -0.770. The van der Waals surface area contributed by atoms with Crippen LogP contribution in [0.4, 0.5) is 4.79 Å². The van der Waals surface area contributed by atoms with E-state index in [1.807, 2.05) is 27.7 Å². The van der Waals surface area contributed by atoms with Crippen molar-refractivity contribution in [3.05, 3.63) is 0 Å². The molecule has 0 heterocycles. The summed E-state index contributed by atoms with van der Waals surface area (Å²) in [4.78, 5) is 11.1. The highest BCUT2D eigenvalue weighted by molar-refractivity contribution is 5.67. The Balaban J connectivity index is 3.41. The van der Waals surface area contributed by atoms with E-state index in [9.17, 15) is 4.79 Å². The van der Waals surface area contributed by atoms with Gasteiger partial charge < -0.3 is 15.4 Å². The maximum absolute atomic E-state index is 11.1. The average Bonchev–Trinajstić information content (AvgIpc) is 1.94. The van der Waals surface area contributed by atoms with Crippen LogP contribution in [0.15, 0.2) is 0 Å². The van der Waals surface area contributed by atoms with Crippen molar-refractivity contribution in [1.82, 2.24) is 10.6 Å². The molecule has 1 amide bonds. The molecule has 0 unspecified atom stereocenters. The lowest BCUT2D eigenvalue weighted by Gasteiger charge is -2.19. The van der Waals surface area contributed by atoms with Gasteiger partial charge in [0.15, 0.2) is 0 Å². The lowest BCUT2D eigenvalue weighted by Crippen LogP contribution is -2.36. The first-order chi connectivity index (χ1) is 5.95. The van der Waals surface area contributed by atoms with E-state index in [-0.39, 0.29) is 6.09 Å². The fourth-order valence-corrected chi connectivity index (χ4v) is 0.744. The van der Waals surface area contributed by atoms with E-state index < -0.39 is 5.60 Å². The van der Waals surface area contributed by atoms with E-state index in [4.69, 9.17) is 4.74 Å². The highest BCUT2D eigenvalue weighted by Gasteiger charge is 2.15. The third kappa shape index (κ3) is 9.14. The SMILES string of the molecule is CCNCCNC(=O)OC(C)(C)C. The van der Waals surface area contributed by atoms with Gasteiger partial charge in [0.25, 0.3) is 0 Å². The van der Waals surface area contributed by atoms with Crippen LogP contribution >= 0.6 is 0 Å². The number of amides is 1. The van der Waals surface area contributed by atoms with Crippen LogP contribution in [-0.2, 0) is 4.74 Å². The number of rotatable bonds is 4. The van der Waals surface area contributed by atoms with Gasteiger partial charge in [-0.25, -0.2) is 4.79 Å². The fourth-order valence-electron chi connectivity index (χ4n) is 0.744. The van der Waals surface area contributed by atoms with Crippen LogP contribution < -0.4 is 10.6 Å². The number of ether oxygens (including phenoxy) is 1. The Morgan fingerprint density at radius 1 is 1.31 bits per heavy atom. The highest BCUT2D eigenvalue weighted by atomic mass is 16.6. The monoisotopic (exact) mass is 188 g/mol. The van der Waals surface area contributed by atoms with Gasteiger partial charge in [-0.2, -0.15) is 0 Å². The number of alkyl carbamates (subject to hydrolysis) is 1. The van der Waals surface area contributed by atoms with Gasteiger partial charge in [0.1, 0.15) is 5.60 Å². The maximum Gasteiger partial charge on any atom is 0.407 e. The first-order valence-corrected chi connectivity index (χ1v) is 4.63. The Bertz CT molecular complexity index is 152. The summed E-state index contributed by atoms with van der Waals surface area (Å²) in [6.07, 6.45) is -0.356. The molecule has 4 heteroatoms. The molecule has 0 rings (SSSR count). The van der Waals surface area contributed by atoms with E-state index in [0.717, 1.165) is 13.1 Å². The topological polar surface area (TPSA) is 50.4 Å². The molecule has 0 spiro atoms. The molecular weight excluding hydrogens is 168 g/mol. The van der Waals surface area contributed by atoms with E-state index in [2.05, 4.69) is 10.6 Å². The molecule has 0 saturated carbocycles. The summed E-state index contributed by atoms with van der Waals surface area (Å²) in [5, 5.41) is 5.75. The van der Waals surface area contributed by atoms with Gasteiger partial charge in [0.05, 0.1) is 0 Å². The second kappa shape index (κ2) is 5.80. The molecule has 0 fully saturated rings. The third-order valence-electron chi connectivity index (χ3n) is 1.22. The van der Waals surface area contributed by atoms with Crippen LogP contribution in [0.25, 0.3) is 0 Å². The van der Waals surface area contributed by atoms with Crippen molar-refractivity contribution in [2.24, 2.45) is 0 Å². The normalized spacial score (nSPS) is 11.1. The molecule has 0 atom stereocenters. The third-order valence-corrected chi connectivity index (χ3v) is 1.22. The van der Waals surface area contributed by atoms with Crippen molar-refractivity contribution in [1.29, 1.82) is 0 Å². The summed E-state index contributed by atoms with van der Waals surface area (Å²) in [5.74, 6) is 0. The maximum atomic E-state index is 11.1. The number of hydrogen-bond acceptors (Lipinski definition) is 3. The van der Waals surface area contributed by atoms with Gasteiger partial charge in [0.2, 0.25) is 0 Å². The minimum absolute atomic E-state index is 0.356. The van der Waals surface area contributed by atoms with Gasteiger partial charge in [-0.3, -0.25) is 0 Å². The fraction of sp³-hybridized carbons (Fsp3) is 0.889. The van der Waals surface area contributed by atoms with Crippen molar-refractivity contribution < 1.29 is 9.53 Å². The summed E-state index contributed by atoms with van der Waals surface area (Å²) in [7, 11) is 0. The van der Waals surface area contributed by atoms with Crippen molar-refractivity contribution in [3.63, 3.8) is 0 Å². The molecule has 0 radical (unpaired) electrons. The standard InChI is InChI=1S/C9H20N2O2/c1-5-10-6-7-11-8(12)13-9(2,3)4/h10H,5-7H2,1-4H3,(H,11,12). The lowest BCUT2D eigenvalue weighted by molar-refractivity contribution is 0.0528. The molecule has 2 N–H and O–H groups in total. The van der Waals surface area contributed by atoms with E-state index in [1.165, 1.54) is 0 Å². The predicted molar refractivity (Wildman–Crippen MR) is 52.8 cm³/mol. The van der Waals surface area contributed by atoms with Gasteiger partial charge in [-0.05, 0) is 27.3 Å². The summed E-state index contributed by atoms with van der Waals surface area (Å²) in [6.45, 7) is 9.84. The Morgan fingerprint density at radius 2 is 1.92 bits per heavy atom. The minimum atomic E-state index is -0.414. The molecule has 0 aliphatic rings. The molecule has 0 aromatic heterocycles. The Labute approximate surface area is 80.0 Å².